The quantitative estimate of drug-likeness (QED) is 0.241. The van der Waals surface area contributed by atoms with E-state index in [1.807, 2.05) is 62.4 Å². The average Bonchev–Trinajstić information content (AvgIpc) is 3.38. The van der Waals surface area contributed by atoms with Crippen LogP contribution in [0.25, 0.3) is 54.7 Å². The van der Waals surface area contributed by atoms with Crippen molar-refractivity contribution in [1.29, 1.82) is 0 Å². The summed E-state index contributed by atoms with van der Waals surface area (Å²) < 4.78 is 10.9. The topological polar surface area (TPSA) is 90.5 Å². The highest BCUT2D eigenvalue weighted by atomic mass is 16.5. The maximum atomic E-state index is 11.3. The number of nitrogens with one attached hydrogen (secondary N) is 2. The molecule has 6 aromatic rings. The maximum Gasteiger partial charge on any atom is 0.128 e. The second-order valence-electron chi connectivity index (χ2n) is 8.75. The van der Waals surface area contributed by atoms with Crippen molar-refractivity contribution in [1.82, 2.24) is 9.97 Å². The van der Waals surface area contributed by atoms with E-state index in [4.69, 9.17) is 9.47 Å². The molecule has 0 aliphatic heterocycles. The van der Waals surface area contributed by atoms with Crippen molar-refractivity contribution in [3.63, 3.8) is 0 Å². The Labute approximate surface area is 195 Å². The van der Waals surface area contributed by atoms with Gasteiger partial charge in [-0.1, -0.05) is 0 Å². The number of aromatic nitrogens is 2. The lowest BCUT2D eigenvalue weighted by molar-refractivity contribution is 0.415. The Morgan fingerprint density at radius 3 is 1.38 bits per heavy atom. The van der Waals surface area contributed by atoms with Crippen LogP contribution in [-0.2, 0) is 0 Å². The highest BCUT2D eigenvalue weighted by molar-refractivity contribution is 6.20. The monoisotopic (exact) mass is 452 g/mol. The molecule has 4 aromatic carbocycles. The molecule has 2 heterocycles. The second-order valence-corrected chi connectivity index (χ2v) is 8.75. The molecule has 170 valence electrons. The zero-order chi connectivity index (χ0) is 23.7. The number of phenols is 2. The first-order valence-corrected chi connectivity index (χ1v) is 11.1. The van der Waals surface area contributed by atoms with Crippen molar-refractivity contribution in [2.75, 3.05) is 14.2 Å². The Balaban J connectivity index is 1.80. The number of fused-ring (bicyclic) bond motifs is 6. The molecule has 0 unspecified atom stereocenters. The third-order valence-electron chi connectivity index (χ3n) is 6.78. The van der Waals surface area contributed by atoms with Crippen molar-refractivity contribution in [2.45, 2.75) is 13.8 Å². The predicted molar refractivity (Wildman–Crippen MR) is 137 cm³/mol. The Hall–Kier alpha value is -4.32. The minimum Gasteiger partial charge on any atom is -0.507 e. The highest BCUT2D eigenvalue weighted by Crippen LogP contribution is 2.49. The SMILES string of the molecule is COc1ccc2[nH]c3c(-c4c(O)c(C)cc5c4[nH]c4ccc(OC)cc45)c(O)c(C)cc3c2c1. The smallest absolute Gasteiger partial charge is 0.128 e. The van der Waals surface area contributed by atoms with Gasteiger partial charge in [-0.15, -0.1) is 0 Å². The van der Waals surface area contributed by atoms with E-state index < -0.39 is 0 Å². The van der Waals surface area contributed by atoms with E-state index >= 15 is 0 Å². The van der Waals surface area contributed by atoms with Crippen LogP contribution in [-0.4, -0.2) is 34.4 Å². The number of ether oxygens (including phenoxy) is 2. The van der Waals surface area contributed by atoms with Crippen LogP contribution < -0.4 is 9.47 Å². The van der Waals surface area contributed by atoms with Crippen molar-refractivity contribution < 1.29 is 19.7 Å². The lowest BCUT2D eigenvalue weighted by Crippen LogP contribution is -1.90. The van der Waals surface area contributed by atoms with Crippen LogP contribution >= 0.6 is 0 Å². The summed E-state index contributed by atoms with van der Waals surface area (Å²) in [4.78, 5) is 6.93. The molecule has 4 N–H and O–H groups in total. The summed E-state index contributed by atoms with van der Waals surface area (Å²) in [6.45, 7) is 3.74. The van der Waals surface area contributed by atoms with Gasteiger partial charge in [0.25, 0.3) is 0 Å². The third kappa shape index (κ3) is 2.68. The number of benzene rings is 4. The molecule has 2 aromatic heterocycles. The molecule has 6 heteroatoms. The Bertz CT molecular complexity index is 1640. The lowest BCUT2D eigenvalue weighted by Gasteiger charge is -2.14. The van der Waals surface area contributed by atoms with Gasteiger partial charge in [-0.25, -0.2) is 0 Å². The molecule has 6 nitrogen and oxygen atoms in total. The fraction of sp³-hybridized carbons (Fsp3) is 0.143. The van der Waals surface area contributed by atoms with E-state index in [0.717, 1.165) is 66.2 Å². The van der Waals surface area contributed by atoms with Crippen LogP contribution in [0, 0.1) is 13.8 Å². The van der Waals surface area contributed by atoms with E-state index in [1.54, 1.807) is 14.2 Å². The van der Waals surface area contributed by atoms with Crippen molar-refractivity contribution in [3.05, 3.63) is 59.7 Å². The third-order valence-corrected chi connectivity index (χ3v) is 6.78. The highest BCUT2D eigenvalue weighted by Gasteiger charge is 2.24. The summed E-state index contributed by atoms with van der Waals surface area (Å²) >= 11 is 0. The maximum absolute atomic E-state index is 11.3. The normalized spacial score (nSPS) is 11.8. The molecular formula is C28H24N2O4. The van der Waals surface area contributed by atoms with E-state index in [-0.39, 0.29) is 11.5 Å². The Morgan fingerprint density at radius 1 is 0.588 bits per heavy atom. The summed E-state index contributed by atoms with van der Waals surface area (Å²) in [5, 5.41) is 26.5. The summed E-state index contributed by atoms with van der Waals surface area (Å²) in [7, 11) is 3.29. The van der Waals surface area contributed by atoms with Gasteiger partial charge in [-0.05, 0) is 73.5 Å². The number of hydrogen-bond donors (Lipinski definition) is 4. The molecule has 0 fully saturated rings. The summed E-state index contributed by atoms with van der Waals surface area (Å²) in [6, 6.07) is 15.6. The van der Waals surface area contributed by atoms with Crippen LogP contribution in [0.3, 0.4) is 0 Å². The fourth-order valence-electron chi connectivity index (χ4n) is 5.02. The molecule has 0 aliphatic carbocycles. The molecule has 0 amide bonds. The van der Waals surface area contributed by atoms with Gasteiger partial charge in [0.1, 0.15) is 23.0 Å². The molecule has 0 spiro atoms. The lowest BCUT2D eigenvalue weighted by atomic mass is 9.93. The number of methoxy groups -OCH3 is 2. The number of aryl methyl sites for hydroxylation is 2. The number of aromatic hydroxyl groups is 2. The largest absolute Gasteiger partial charge is 0.507 e. The van der Waals surface area contributed by atoms with Crippen molar-refractivity contribution in [2.24, 2.45) is 0 Å². The molecule has 0 aliphatic rings. The molecule has 6 rings (SSSR count). The van der Waals surface area contributed by atoms with Gasteiger partial charge in [0, 0.05) is 32.6 Å². The number of phenolic OH excluding ortho intramolecular Hbond substituents is 2. The first-order valence-electron chi connectivity index (χ1n) is 11.1. The van der Waals surface area contributed by atoms with Gasteiger partial charge in [-0.3, -0.25) is 0 Å². The Kier molecular flexibility index (Phi) is 4.23. The van der Waals surface area contributed by atoms with E-state index in [1.165, 1.54) is 0 Å². The van der Waals surface area contributed by atoms with E-state index in [0.29, 0.717) is 11.1 Å². The molecular weight excluding hydrogens is 428 g/mol. The zero-order valence-electron chi connectivity index (χ0n) is 19.3. The fourth-order valence-corrected chi connectivity index (χ4v) is 5.02. The average molecular weight is 453 g/mol. The zero-order valence-corrected chi connectivity index (χ0v) is 19.3. The molecule has 34 heavy (non-hydrogen) atoms. The summed E-state index contributed by atoms with van der Waals surface area (Å²) in [5.74, 6) is 1.77. The van der Waals surface area contributed by atoms with Crippen molar-refractivity contribution in [3.8, 4) is 34.1 Å². The van der Waals surface area contributed by atoms with E-state index in [9.17, 15) is 10.2 Å². The summed E-state index contributed by atoms with van der Waals surface area (Å²) in [5.41, 5.74) is 5.93. The number of H-pyrrole nitrogens is 2. The predicted octanol–water partition coefficient (Wildman–Crippen LogP) is 6.67. The van der Waals surface area contributed by atoms with Crippen LogP contribution in [0.5, 0.6) is 23.0 Å². The Morgan fingerprint density at radius 2 is 1.00 bits per heavy atom. The minimum atomic E-state index is 0.129. The molecule has 0 saturated heterocycles. The van der Waals surface area contributed by atoms with Crippen molar-refractivity contribution >= 4 is 43.6 Å². The second kappa shape index (κ2) is 7.09. The van der Waals surface area contributed by atoms with E-state index in [2.05, 4.69) is 9.97 Å². The number of hydrogen-bond acceptors (Lipinski definition) is 4. The van der Waals surface area contributed by atoms with Crippen LogP contribution in [0.2, 0.25) is 0 Å². The van der Waals surface area contributed by atoms with Crippen LogP contribution in [0.1, 0.15) is 11.1 Å². The minimum absolute atomic E-state index is 0.129. The van der Waals surface area contributed by atoms with Gasteiger partial charge < -0.3 is 29.7 Å². The van der Waals surface area contributed by atoms with Gasteiger partial charge in [-0.2, -0.15) is 0 Å². The molecule has 0 atom stereocenters. The molecule has 0 bridgehead atoms. The van der Waals surface area contributed by atoms with Crippen LogP contribution in [0.4, 0.5) is 0 Å². The number of aromatic amines is 2. The van der Waals surface area contributed by atoms with Gasteiger partial charge in [0.15, 0.2) is 0 Å². The van der Waals surface area contributed by atoms with Crippen LogP contribution in [0.15, 0.2) is 48.5 Å². The van der Waals surface area contributed by atoms with Gasteiger partial charge >= 0.3 is 0 Å². The first-order chi connectivity index (χ1) is 16.4. The van der Waals surface area contributed by atoms with Gasteiger partial charge in [0.2, 0.25) is 0 Å². The number of rotatable bonds is 3. The first kappa shape index (κ1) is 20.3. The standard InChI is InChI=1S/C28H24N2O4/c1-13-9-19-17-11-15(33-3)5-7-21(17)29-25(19)23(27(13)31)24-26-20(10-14(2)28(24)32)18-12-16(34-4)6-8-22(18)30-26/h5-12,29-32H,1-4H3. The summed E-state index contributed by atoms with van der Waals surface area (Å²) in [6.07, 6.45) is 0. The van der Waals surface area contributed by atoms with Gasteiger partial charge in [0.05, 0.1) is 36.4 Å². The molecule has 0 saturated carbocycles. The molecule has 0 radical (unpaired) electrons.